The summed E-state index contributed by atoms with van der Waals surface area (Å²) in [4.78, 5) is 26.6. The average Bonchev–Trinajstić information content (AvgIpc) is 2.73. The Morgan fingerprint density at radius 2 is 1.88 bits per heavy atom. The summed E-state index contributed by atoms with van der Waals surface area (Å²) < 4.78 is 45.1. The largest absolute Gasteiger partial charge is 0.478 e. The maximum atomic E-state index is 13.3. The highest BCUT2D eigenvalue weighted by molar-refractivity contribution is 9.10. The minimum absolute atomic E-state index is 0.0161. The number of carboxylic acids is 1. The number of hydrogen-bond acceptors (Lipinski definition) is 4. The van der Waals surface area contributed by atoms with Gasteiger partial charge in [-0.05, 0) is 71.5 Å². The van der Waals surface area contributed by atoms with Gasteiger partial charge in [0.2, 0.25) is 0 Å². The van der Waals surface area contributed by atoms with E-state index < -0.39 is 23.7 Å². The van der Waals surface area contributed by atoms with Crippen molar-refractivity contribution in [3.05, 3.63) is 69.3 Å². The molecule has 2 aromatic carbocycles. The van der Waals surface area contributed by atoms with Crippen molar-refractivity contribution in [1.29, 1.82) is 0 Å². The first-order valence-corrected chi connectivity index (χ1v) is 10.3. The molecule has 0 fully saturated rings. The quantitative estimate of drug-likeness (QED) is 0.430. The Hall–Kier alpha value is -2.92. The van der Waals surface area contributed by atoms with Gasteiger partial charge in [-0.25, -0.2) is 9.59 Å². The monoisotopic (exact) mass is 528 g/mol. The van der Waals surface area contributed by atoms with Crippen LogP contribution in [0.4, 0.5) is 24.5 Å². The van der Waals surface area contributed by atoms with E-state index in [0.29, 0.717) is 15.9 Å². The first-order valence-electron chi connectivity index (χ1n) is 9.05. The van der Waals surface area contributed by atoms with Crippen LogP contribution in [0, 0.1) is 0 Å². The lowest BCUT2D eigenvalue weighted by Crippen LogP contribution is -2.49. The topological polar surface area (TPSA) is 70.1 Å². The second-order valence-electron chi connectivity index (χ2n) is 6.78. The number of halogens is 4. The summed E-state index contributed by atoms with van der Waals surface area (Å²) >= 11 is 8.91. The van der Waals surface area contributed by atoms with Gasteiger partial charge in [0.1, 0.15) is 0 Å². The van der Waals surface area contributed by atoms with Crippen molar-refractivity contribution in [2.24, 2.45) is 0 Å². The molecule has 0 radical (unpaired) electrons. The van der Waals surface area contributed by atoms with Gasteiger partial charge in [-0.15, -0.1) is 0 Å². The Morgan fingerprint density at radius 1 is 1.19 bits per heavy atom. The number of allylic oxidation sites excluding steroid dienone is 1. The summed E-state index contributed by atoms with van der Waals surface area (Å²) in [5.74, 6) is -1.79. The molecule has 0 aliphatic carbocycles. The Bertz CT molecular complexity index is 1150. The molecule has 0 saturated heterocycles. The second kappa shape index (κ2) is 8.91. The first-order chi connectivity index (χ1) is 15.0. The molecule has 0 amide bonds. The van der Waals surface area contributed by atoms with Crippen molar-refractivity contribution in [3.63, 3.8) is 0 Å². The summed E-state index contributed by atoms with van der Waals surface area (Å²) in [7, 11) is 1.20. The van der Waals surface area contributed by atoms with E-state index in [1.807, 2.05) is 0 Å². The number of methoxy groups -OCH3 is 1. The minimum Gasteiger partial charge on any atom is -0.478 e. The molecular weight excluding hydrogens is 513 g/mol. The predicted molar refractivity (Wildman–Crippen MR) is 120 cm³/mol. The normalized spacial score (nSPS) is 14.6. The number of aromatic carboxylic acids is 1. The van der Waals surface area contributed by atoms with E-state index in [-0.39, 0.29) is 28.5 Å². The lowest BCUT2D eigenvalue weighted by Gasteiger charge is -2.40. The Morgan fingerprint density at radius 3 is 2.44 bits per heavy atom. The van der Waals surface area contributed by atoms with Crippen LogP contribution in [0.15, 0.2) is 58.2 Å². The molecule has 3 rings (SSSR count). The third-order valence-corrected chi connectivity index (χ3v) is 5.90. The fourth-order valence-corrected chi connectivity index (χ4v) is 4.25. The Balaban J connectivity index is 2.16. The highest BCUT2D eigenvalue weighted by atomic mass is 79.9. The number of thiocarbonyl (C=S) groups is 1. The smallest absolute Gasteiger partial charge is 0.416 e. The number of carboxylic acid groups (broad SMARTS) is 1. The summed E-state index contributed by atoms with van der Waals surface area (Å²) in [6, 6.07) is 8.82. The number of esters is 1. The molecule has 6 nitrogen and oxygen atoms in total. The lowest BCUT2D eigenvalue weighted by molar-refractivity contribution is -0.138. The van der Waals surface area contributed by atoms with Crippen LogP contribution in [0.25, 0.3) is 0 Å². The number of hydrogen-bond donors (Lipinski definition) is 1. The van der Waals surface area contributed by atoms with Gasteiger partial charge in [-0.2, -0.15) is 13.2 Å². The van der Waals surface area contributed by atoms with Crippen LogP contribution in [-0.4, -0.2) is 35.8 Å². The molecule has 1 heterocycles. The molecule has 11 heteroatoms. The maximum Gasteiger partial charge on any atom is 0.416 e. The first kappa shape index (κ1) is 23.7. The number of carbonyl (C=O) groups excluding carboxylic acids is 1. The zero-order valence-corrected chi connectivity index (χ0v) is 19.1. The highest BCUT2D eigenvalue weighted by Crippen LogP contribution is 2.37. The second-order valence-corrected chi connectivity index (χ2v) is 8.00. The van der Waals surface area contributed by atoms with Crippen LogP contribution in [0.3, 0.4) is 0 Å². The molecule has 0 aromatic heterocycles. The van der Waals surface area contributed by atoms with E-state index in [2.05, 4.69) is 15.9 Å². The van der Waals surface area contributed by atoms with Gasteiger partial charge in [0.15, 0.2) is 5.11 Å². The number of anilines is 2. The van der Waals surface area contributed by atoms with Crippen molar-refractivity contribution in [3.8, 4) is 0 Å². The van der Waals surface area contributed by atoms with Crippen LogP contribution >= 0.6 is 28.1 Å². The van der Waals surface area contributed by atoms with Gasteiger partial charge in [0.05, 0.1) is 36.0 Å². The number of ether oxygens (including phenoxy) is 1. The molecule has 1 N–H and O–H groups in total. The average molecular weight is 529 g/mol. The SMILES string of the molecule is COC(=O)C1=C(C)N(c2cccc(C(F)(F)F)c2)C(=S)N(c2ccc(C(=O)O)cc2Br)C1. The van der Waals surface area contributed by atoms with Crippen LogP contribution in [0.1, 0.15) is 22.8 Å². The van der Waals surface area contributed by atoms with Crippen LogP contribution in [0.2, 0.25) is 0 Å². The van der Waals surface area contributed by atoms with E-state index in [9.17, 15) is 27.9 Å². The molecule has 2 aromatic rings. The van der Waals surface area contributed by atoms with Crippen LogP contribution < -0.4 is 9.80 Å². The zero-order chi connectivity index (χ0) is 23.8. The number of rotatable bonds is 4. The number of carbonyl (C=O) groups is 2. The molecule has 32 heavy (non-hydrogen) atoms. The highest BCUT2D eigenvalue weighted by Gasteiger charge is 2.36. The van der Waals surface area contributed by atoms with E-state index in [1.54, 1.807) is 6.92 Å². The van der Waals surface area contributed by atoms with Gasteiger partial charge >= 0.3 is 18.1 Å². The third kappa shape index (κ3) is 4.49. The Labute approximate surface area is 195 Å². The predicted octanol–water partition coefficient (Wildman–Crippen LogP) is 5.22. The molecule has 1 aliphatic rings. The van der Waals surface area contributed by atoms with E-state index in [1.165, 1.54) is 47.2 Å². The molecule has 0 atom stereocenters. The van der Waals surface area contributed by atoms with Crippen molar-refractivity contribution in [2.45, 2.75) is 13.1 Å². The Kier molecular flexibility index (Phi) is 6.61. The maximum absolute atomic E-state index is 13.3. The summed E-state index contributed by atoms with van der Waals surface area (Å²) in [5.41, 5.74) is 0.230. The molecule has 168 valence electrons. The summed E-state index contributed by atoms with van der Waals surface area (Å²) in [6.45, 7) is 1.55. The van der Waals surface area contributed by atoms with Gasteiger partial charge in [-0.3, -0.25) is 4.90 Å². The minimum atomic E-state index is -4.56. The van der Waals surface area contributed by atoms with E-state index in [4.69, 9.17) is 17.0 Å². The van der Waals surface area contributed by atoms with Gasteiger partial charge in [-0.1, -0.05) is 6.07 Å². The fourth-order valence-electron chi connectivity index (χ4n) is 3.25. The number of benzene rings is 2. The standard InChI is InChI=1S/C21H16BrF3N2O4S/c1-11-15(19(30)31-2)10-26(17-7-6-12(18(28)29)8-16(17)22)20(32)27(11)14-5-3-4-13(9-14)21(23,24)25/h3-9H,10H2,1-2H3,(H,28,29). The summed E-state index contributed by atoms with van der Waals surface area (Å²) in [5, 5.41) is 9.31. The fraction of sp³-hybridized carbons (Fsp3) is 0.190. The van der Waals surface area contributed by atoms with Crippen LogP contribution in [0.5, 0.6) is 0 Å². The molecule has 0 saturated carbocycles. The van der Waals surface area contributed by atoms with Crippen LogP contribution in [-0.2, 0) is 15.7 Å². The number of alkyl halides is 3. The third-order valence-electron chi connectivity index (χ3n) is 4.86. The number of nitrogens with zero attached hydrogens (tertiary/aromatic N) is 2. The molecule has 0 unspecified atom stereocenters. The van der Waals surface area contributed by atoms with Crippen molar-refractivity contribution in [2.75, 3.05) is 23.5 Å². The molecule has 1 aliphatic heterocycles. The molecule has 0 spiro atoms. The van der Waals surface area contributed by atoms with Gasteiger partial charge < -0.3 is 14.7 Å². The van der Waals surface area contributed by atoms with Crippen molar-refractivity contribution < 1.29 is 32.6 Å². The van der Waals surface area contributed by atoms with E-state index in [0.717, 1.165) is 12.1 Å². The lowest BCUT2D eigenvalue weighted by atomic mass is 10.1. The van der Waals surface area contributed by atoms with Gasteiger partial charge in [0, 0.05) is 15.9 Å². The van der Waals surface area contributed by atoms with Crippen molar-refractivity contribution in [1.82, 2.24) is 0 Å². The van der Waals surface area contributed by atoms with E-state index >= 15 is 0 Å². The molecular formula is C21H16BrF3N2O4S. The van der Waals surface area contributed by atoms with Gasteiger partial charge in [0.25, 0.3) is 0 Å². The zero-order valence-electron chi connectivity index (χ0n) is 16.7. The summed E-state index contributed by atoms with van der Waals surface area (Å²) in [6.07, 6.45) is -4.56. The molecule has 0 bridgehead atoms. The van der Waals surface area contributed by atoms with Crippen molar-refractivity contribution >= 4 is 56.6 Å².